The summed E-state index contributed by atoms with van der Waals surface area (Å²) in [7, 11) is 0. The Balaban J connectivity index is 2.67. The van der Waals surface area contributed by atoms with E-state index in [1.165, 1.54) is 0 Å². The lowest BCUT2D eigenvalue weighted by Gasteiger charge is -2.23. The molecule has 0 aromatic carbocycles. The van der Waals surface area contributed by atoms with Crippen molar-refractivity contribution in [1.82, 2.24) is 10.1 Å². The molecule has 2 N–H and O–H groups in total. The molecular weight excluding hydrogens is 210 g/mol. The minimum Gasteiger partial charge on any atom is -0.338 e. The van der Waals surface area contributed by atoms with Gasteiger partial charge in [0.25, 0.3) is 0 Å². The van der Waals surface area contributed by atoms with Gasteiger partial charge in [-0.3, -0.25) is 0 Å². The third kappa shape index (κ3) is 3.50. The number of nitrogens with zero attached hydrogens (tertiary/aromatic N) is 2. The van der Waals surface area contributed by atoms with Crippen LogP contribution in [0.5, 0.6) is 0 Å². The summed E-state index contributed by atoms with van der Waals surface area (Å²) in [6.07, 6.45) is 0. The molecule has 0 aliphatic carbocycles. The van der Waals surface area contributed by atoms with E-state index in [-0.39, 0.29) is 11.5 Å². The zero-order valence-electron chi connectivity index (χ0n) is 9.78. The van der Waals surface area contributed by atoms with Crippen LogP contribution in [-0.4, -0.2) is 15.9 Å². The second-order valence-electron chi connectivity index (χ2n) is 4.53. The Kier molecular flexibility index (Phi) is 4.16. The summed E-state index contributed by atoms with van der Waals surface area (Å²) in [4.78, 5) is 4.29. The highest BCUT2D eigenvalue weighted by Crippen LogP contribution is 2.29. The molecule has 1 unspecified atom stereocenters. The van der Waals surface area contributed by atoms with Crippen LogP contribution in [0.15, 0.2) is 4.52 Å². The van der Waals surface area contributed by atoms with E-state index in [2.05, 4.69) is 37.8 Å². The van der Waals surface area contributed by atoms with Crippen molar-refractivity contribution < 1.29 is 4.52 Å². The van der Waals surface area contributed by atoms with Crippen molar-refractivity contribution in [2.24, 2.45) is 11.1 Å². The van der Waals surface area contributed by atoms with E-state index < -0.39 is 0 Å². The van der Waals surface area contributed by atoms with Crippen LogP contribution < -0.4 is 5.73 Å². The minimum absolute atomic E-state index is 0.0539. The van der Waals surface area contributed by atoms with E-state index in [0.717, 1.165) is 17.3 Å². The quantitative estimate of drug-likeness (QED) is 0.858. The summed E-state index contributed by atoms with van der Waals surface area (Å²) in [6.45, 7) is 8.28. The molecule has 0 amide bonds. The summed E-state index contributed by atoms with van der Waals surface area (Å²) >= 11 is 1.77. The van der Waals surface area contributed by atoms with Gasteiger partial charge in [-0.1, -0.05) is 32.9 Å². The van der Waals surface area contributed by atoms with Crippen LogP contribution in [0.3, 0.4) is 0 Å². The Morgan fingerprint density at radius 1 is 1.47 bits per heavy atom. The van der Waals surface area contributed by atoms with Gasteiger partial charge in [-0.2, -0.15) is 16.7 Å². The van der Waals surface area contributed by atoms with Gasteiger partial charge in [0.1, 0.15) is 0 Å². The number of nitrogens with two attached hydrogens (primary N) is 1. The van der Waals surface area contributed by atoms with Gasteiger partial charge in [0, 0.05) is 0 Å². The van der Waals surface area contributed by atoms with E-state index in [1.54, 1.807) is 11.8 Å². The average Bonchev–Trinajstić information content (AvgIpc) is 2.60. The Labute approximate surface area is 95.0 Å². The maximum absolute atomic E-state index is 6.01. The van der Waals surface area contributed by atoms with Crippen molar-refractivity contribution in [3.8, 4) is 0 Å². The third-order valence-electron chi connectivity index (χ3n) is 2.12. The highest BCUT2D eigenvalue weighted by molar-refractivity contribution is 7.98. The van der Waals surface area contributed by atoms with Crippen molar-refractivity contribution in [3.63, 3.8) is 0 Å². The van der Waals surface area contributed by atoms with Crippen LogP contribution in [-0.2, 0) is 5.75 Å². The fourth-order valence-corrected chi connectivity index (χ4v) is 1.52. The molecule has 0 radical (unpaired) electrons. The van der Waals surface area contributed by atoms with E-state index in [9.17, 15) is 0 Å². The first-order chi connectivity index (χ1) is 6.95. The molecule has 1 aromatic rings. The standard InChI is InChI=1S/C10H19N3OS/c1-5-15-6-7-12-9(14-13-7)8(11)10(2,3)4/h8H,5-6,11H2,1-4H3. The normalized spacial score (nSPS) is 14.2. The van der Waals surface area contributed by atoms with Gasteiger partial charge in [0.2, 0.25) is 5.89 Å². The largest absolute Gasteiger partial charge is 0.338 e. The van der Waals surface area contributed by atoms with Crippen molar-refractivity contribution in [1.29, 1.82) is 0 Å². The van der Waals surface area contributed by atoms with E-state index in [0.29, 0.717) is 5.89 Å². The zero-order valence-corrected chi connectivity index (χ0v) is 10.6. The van der Waals surface area contributed by atoms with Gasteiger partial charge in [-0.05, 0) is 11.2 Å². The second kappa shape index (κ2) is 4.99. The summed E-state index contributed by atoms with van der Waals surface area (Å²) < 4.78 is 5.15. The van der Waals surface area contributed by atoms with Crippen LogP contribution in [0.1, 0.15) is 45.5 Å². The summed E-state index contributed by atoms with van der Waals surface area (Å²) in [5.41, 5.74) is 5.96. The van der Waals surface area contributed by atoms with Crippen molar-refractivity contribution in [3.05, 3.63) is 11.7 Å². The van der Waals surface area contributed by atoms with Crippen LogP contribution >= 0.6 is 11.8 Å². The molecule has 1 rings (SSSR count). The first kappa shape index (κ1) is 12.5. The Hall–Kier alpha value is -0.550. The first-order valence-corrected chi connectivity index (χ1v) is 6.26. The summed E-state index contributed by atoms with van der Waals surface area (Å²) in [5.74, 6) is 3.11. The predicted octanol–water partition coefficient (Wildman–Crippen LogP) is 2.37. The summed E-state index contributed by atoms with van der Waals surface area (Å²) in [5, 5.41) is 3.90. The molecule has 1 atom stereocenters. The highest BCUT2D eigenvalue weighted by atomic mass is 32.2. The minimum atomic E-state index is -0.203. The second-order valence-corrected chi connectivity index (χ2v) is 5.80. The van der Waals surface area contributed by atoms with Crippen LogP contribution in [0.4, 0.5) is 0 Å². The van der Waals surface area contributed by atoms with Gasteiger partial charge >= 0.3 is 0 Å². The number of aromatic nitrogens is 2. The maximum atomic E-state index is 6.01. The molecular formula is C10H19N3OS. The molecule has 0 aliphatic rings. The Bertz CT molecular complexity index is 306. The fraction of sp³-hybridized carbons (Fsp3) is 0.800. The molecule has 15 heavy (non-hydrogen) atoms. The van der Waals surface area contributed by atoms with Crippen LogP contribution in [0.2, 0.25) is 0 Å². The van der Waals surface area contributed by atoms with Crippen molar-refractivity contribution in [2.45, 2.75) is 39.5 Å². The van der Waals surface area contributed by atoms with E-state index in [4.69, 9.17) is 10.3 Å². The van der Waals surface area contributed by atoms with E-state index in [1.807, 2.05) is 0 Å². The van der Waals surface area contributed by atoms with Gasteiger partial charge in [0.05, 0.1) is 11.8 Å². The molecule has 0 fully saturated rings. The molecule has 0 saturated heterocycles. The van der Waals surface area contributed by atoms with Gasteiger partial charge in [0.15, 0.2) is 5.82 Å². The van der Waals surface area contributed by atoms with E-state index >= 15 is 0 Å². The molecule has 4 nitrogen and oxygen atoms in total. The fourth-order valence-electron chi connectivity index (χ4n) is 1.02. The van der Waals surface area contributed by atoms with Gasteiger partial charge < -0.3 is 10.3 Å². The summed E-state index contributed by atoms with van der Waals surface area (Å²) in [6, 6.07) is -0.203. The Morgan fingerprint density at radius 2 is 2.13 bits per heavy atom. The number of hydrogen-bond donors (Lipinski definition) is 1. The monoisotopic (exact) mass is 229 g/mol. The average molecular weight is 229 g/mol. The van der Waals surface area contributed by atoms with Crippen LogP contribution in [0, 0.1) is 5.41 Å². The molecule has 0 bridgehead atoms. The number of thioether (sulfide) groups is 1. The zero-order chi connectivity index (χ0) is 11.5. The SMILES string of the molecule is CCSCc1noc(C(N)C(C)(C)C)n1. The topological polar surface area (TPSA) is 64.9 Å². The maximum Gasteiger partial charge on any atom is 0.244 e. The molecule has 1 aromatic heterocycles. The third-order valence-corrected chi connectivity index (χ3v) is 2.99. The first-order valence-electron chi connectivity index (χ1n) is 5.11. The van der Waals surface area contributed by atoms with Crippen molar-refractivity contribution in [2.75, 3.05) is 5.75 Å². The molecule has 0 saturated carbocycles. The highest BCUT2D eigenvalue weighted by Gasteiger charge is 2.27. The predicted molar refractivity (Wildman–Crippen MR) is 62.5 cm³/mol. The van der Waals surface area contributed by atoms with Crippen molar-refractivity contribution >= 4 is 11.8 Å². The molecule has 86 valence electrons. The molecule has 0 spiro atoms. The lowest BCUT2D eigenvalue weighted by Crippen LogP contribution is -2.26. The number of hydrogen-bond acceptors (Lipinski definition) is 5. The Morgan fingerprint density at radius 3 is 2.67 bits per heavy atom. The molecule has 0 aliphatic heterocycles. The van der Waals surface area contributed by atoms with Crippen LogP contribution in [0.25, 0.3) is 0 Å². The lowest BCUT2D eigenvalue weighted by atomic mass is 9.87. The smallest absolute Gasteiger partial charge is 0.244 e. The number of rotatable bonds is 4. The molecule has 5 heteroatoms. The van der Waals surface area contributed by atoms with Gasteiger partial charge in [-0.15, -0.1) is 0 Å². The molecule has 1 heterocycles. The van der Waals surface area contributed by atoms with Gasteiger partial charge in [-0.25, -0.2) is 0 Å². The lowest BCUT2D eigenvalue weighted by molar-refractivity contribution is 0.252.